The van der Waals surface area contributed by atoms with Crippen LogP contribution in [-0.2, 0) is 4.79 Å². The second-order valence-electron chi connectivity index (χ2n) is 4.53. The van der Waals surface area contributed by atoms with Gasteiger partial charge in [0.25, 0.3) is 0 Å². The molecule has 0 fully saturated rings. The first-order valence-corrected chi connectivity index (χ1v) is 6.36. The van der Waals surface area contributed by atoms with E-state index >= 15 is 0 Å². The van der Waals surface area contributed by atoms with Crippen LogP contribution in [0.25, 0.3) is 0 Å². The van der Waals surface area contributed by atoms with E-state index in [-0.39, 0.29) is 5.91 Å². The van der Waals surface area contributed by atoms with Gasteiger partial charge in [-0.15, -0.1) is 0 Å². The number of carbonyl (C=O) groups excluding carboxylic acids is 1. The number of carbonyl (C=O) groups is 1. The minimum absolute atomic E-state index is 0.0160. The van der Waals surface area contributed by atoms with Gasteiger partial charge in [-0.2, -0.15) is 0 Å². The summed E-state index contributed by atoms with van der Waals surface area (Å²) in [6, 6.07) is 3.81. The Bertz CT molecular complexity index is 402. The molecule has 1 rings (SSSR count). The molecular formula is C14H23N3O. The lowest BCUT2D eigenvalue weighted by Gasteiger charge is -2.17. The van der Waals surface area contributed by atoms with E-state index < -0.39 is 0 Å². The Morgan fingerprint density at radius 3 is 2.17 bits per heavy atom. The largest absolute Gasteiger partial charge is 0.398 e. The molecular weight excluding hydrogens is 226 g/mol. The molecule has 0 saturated carbocycles. The summed E-state index contributed by atoms with van der Waals surface area (Å²) in [6.45, 7) is 10.2. The zero-order chi connectivity index (χ0) is 13.7. The van der Waals surface area contributed by atoms with Gasteiger partial charge in [0.05, 0.1) is 6.54 Å². The number of nitrogens with two attached hydrogens (primary N) is 1. The SMILES string of the molecule is CCN(CC)CC(=O)Nc1cc(C)c(N)c(C)c1. The first kappa shape index (κ1) is 14.5. The number of nitrogens with one attached hydrogen (secondary N) is 1. The van der Waals surface area contributed by atoms with Gasteiger partial charge in [-0.3, -0.25) is 9.69 Å². The number of hydrogen-bond acceptors (Lipinski definition) is 3. The molecule has 0 bridgehead atoms. The van der Waals surface area contributed by atoms with Crippen LogP contribution in [0.15, 0.2) is 12.1 Å². The Kier molecular flexibility index (Phi) is 5.16. The Hall–Kier alpha value is -1.55. The number of nitrogens with zero attached hydrogens (tertiary/aromatic N) is 1. The first-order chi connectivity index (χ1) is 8.47. The van der Waals surface area contributed by atoms with Gasteiger partial charge in [-0.05, 0) is 50.2 Å². The molecule has 0 aliphatic rings. The van der Waals surface area contributed by atoms with Crippen molar-refractivity contribution in [2.45, 2.75) is 27.7 Å². The predicted octanol–water partition coefficient (Wildman–Crippen LogP) is 2.17. The number of anilines is 2. The molecule has 4 nitrogen and oxygen atoms in total. The molecule has 3 N–H and O–H groups in total. The number of aryl methyl sites for hydroxylation is 2. The van der Waals surface area contributed by atoms with E-state index in [0.717, 1.165) is 35.6 Å². The van der Waals surface area contributed by atoms with Gasteiger partial charge in [-0.1, -0.05) is 13.8 Å². The van der Waals surface area contributed by atoms with E-state index in [0.29, 0.717) is 6.54 Å². The number of nitrogen functional groups attached to an aromatic ring is 1. The maximum absolute atomic E-state index is 11.9. The Balaban J connectivity index is 2.70. The molecule has 18 heavy (non-hydrogen) atoms. The lowest BCUT2D eigenvalue weighted by Crippen LogP contribution is -2.32. The summed E-state index contributed by atoms with van der Waals surface area (Å²) in [7, 11) is 0. The highest BCUT2D eigenvalue weighted by Crippen LogP contribution is 2.21. The van der Waals surface area contributed by atoms with Gasteiger partial charge in [0.1, 0.15) is 0 Å². The van der Waals surface area contributed by atoms with Crippen molar-refractivity contribution >= 4 is 17.3 Å². The van der Waals surface area contributed by atoms with Crippen molar-refractivity contribution < 1.29 is 4.79 Å². The number of rotatable bonds is 5. The molecule has 1 aromatic carbocycles. The summed E-state index contributed by atoms with van der Waals surface area (Å²) < 4.78 is 0. The Labute approximate surface area is 109 Å². The maximum Gasteiger partial charge on any atom is 0.238 e. The van der Waals surface area contributed by atoms with Gasteiger partial charge in [-0.25, -0.2) is 0 Å². The molecule has 0 atom stereocenters. The number of likely N-dealkylation sites (N-methyl/N-ethyl adjacent to an activating group) is 1. The minimum atomic E-state index is 0.0160. The predicted molar refractivity (Wildman–Crippen MR) is 76.7 cm³/mol. The summed E-state index contributed by atoms with van der Waals surface area (Å²) in [5.74, 6) is 0.0160. The molecule has 0 saturated heterocycles. The van der Waals surface area contributed by atoms with Crippen LogP contribution >= 0.6 is 0 Å². The molecule has 0 aliphatic carbocycles. The van der Waals surface area contributed by atoms with E-state index in [9.17, 15) is 4.79 Å². The fraction of sp³-hybridized carbons (Fsp3) is 0.500. The smallest absolute Gasteiger partial charge is 0.238 e. The topological polar surface area (TPSA) is 58.4 Å². The fourth-order valence-corrected chi connectivity index (χ4v) is 1.90. The van der Waals surface area contributed by atoms with Crippen LogP contribution in [0.3, 0.4) is 0 Å². The molecule has 1 aromatic rings. The summed E-state index contributed by atoms with van der Waals surface area (Å²) >= 11 is 0. The molecule has 0 unspecified atom stereocenters. The molecule has 0 radical (unpaired) electrons. The van der Waals surface area contributed by atoms with Crippen molar-refractivity contribution in [3.8, 4) is 0 Å². The summed E-state index contributed by atoms with van der Waals surface area (Å²) in [6.07, 6.45) is 0. The summed E-state index contributed by atoms with van der Waals surface area (Å²) in [5.41, 5.74) is 9.48. The minimum Gasteiger partial charge on any atom is -0.398 e. The lowest BCUT2D eigenvalue weighted by atomic mass is 10.1. The molecule has 100 valence electrons. The van der Waals surface area contributed by atoms with E-state index in [2.05, 4.69) is 10.2 Å². The van der Waals surface area contributed by atoms with Gasteiger partial charge >= 0.3 is 0 Å². The summed E-state index contributed by atoms with van der Waals surface area (Å²) in [4.78, 5) is 13.9. The van der Waals surface area contributed by atoms with Crippen LogP contribution in [0.5, 0.6) is 0 Å². The van der Waals surface area contributed by atoms with Crippen molar-refractivity contribution in [2.75, 3.05) is 30.7 Å². The Morgan fingerprint density at radius 1 is 1.22 bits per heavy atom. The van der Waals surface area contributed by atoms with Crippen LogP contribution in [0.1, 0.15) is 25.0 Å². The van der Waals surface area contributed by atoms with Gasteiger partial charge in [0.2, 0.25) is 5.91 Å². The van der Waals surface area contributed by atoms with Crippen molar-refractivity contribution in [1.29, 1.82) is 0 Å². The normalized spacial score (nSPS) is 10.7. The van der Waals surface area contributed by atoms with Crippen molar-refractivity contribution in [2.24, 2.45) is 0 Å². The van der Waals surface area contributed by atoms with Crippen LogP contribution in [0.4, 0.5) is 11.4 Å². The maximum atomic E-state index is 11.9. The van der Waals surface area contributed by atoms with Crippen LogP contribution in [-0.4, -0.2) is 30.4 Å². The summed E-state index contributed by atoms with van der Waals surface area (Å²) in [5, 5.41) is 2.91. The highest BCUT2D eigenvalue weighted by Gasteiger charge is 2.09. The second kappa shape index (κ2) is 6.40. The molecule has 0 aliphatic heterocycles. The zero-order valence-corrected chi connectivity index (χ0v) is 11.7. The van der Waals surface area contributed by atoms with E-state index in [4.69, 9.17) is 5.73 Å². The van der Waals surface area contributed by atoms with Crippen molar-refractivity contribution in [1.82, 2.24) is 4.90 Å². The monoisotopic (exact) mass is 249 g/mol. The Morgan fingerprint density at radius 2 is 1.72 bits per heavy atom. The average Bonchev–Trinajstić information content (AvgIpc) is 2.32. The molecule has 4 heteroatoms. The number of benzene rings is 1. The van der Waals surface area contributed by atoms with Crippen molar-refractivity contribution in [3.05, 3.63) is 23.3 Å². The van der Waals surface area contributed by atoms with Crippen molar-refractivity contribution in [3.63, 3.8) is 0 Å². The molecule has 0 spiro atoms. The van der Waals surface area contributed by atoms with Crippen LogP contribution in [0, 0.1) is 13.8 Å². The second-order valence-corrected chi connectivity index (χ2v) is 4.53. The molecule has 0 aromatic heterocycles. The third kappa shape index (κ3) is 3.74. The van der Waals surface area contributed by atoms with Gasteiger partial charge in [0, 0.05) is 11.4 Å². The standard InChI is InChI=1S/C14H23N3O/c1-5-17(6-2)9-13(18)16-12-7-10(3)14(15)11(4)8-12/h7-8H,5-6,9,15H2,1-4H3,(H,16,18). The van der Waals surface area contributed by atoms with E-state index in [1.807, 2.05) is 39.8 Å². The number of hydrogen-bond donors (Lipinski definition) is 2. The van der Waals surface area contributed by atoms with E-state index in [1.54, 1.807) is 0 Å². The fourth-order valence-electron chi connectivity index (χ4n) is 1.90. The third-order valence-electron chi connectivity index (χ3n) is 3.14. The highest BCUT2D eigenvalue weighted by atomic mass is 16.2. The van der Waals surface area contributed by atoms with E-state index in [1.165, 1.54) is 0 Å². The van der Waals surface area contributed by atoms with Gasteiger partial charge < -0.3 is 11.1 Å². The molecule has 1 amide bonds. The quantitative estimate of drug-likeness (QED) is 0.786. The van der Waals surface area contributed by atoms with Gasteiger partial charge in [0.15, 0.2) is 0 Å². The number of amides is 1. The third-order valence-corrected chi connectivity index (χ3v) is 3.14. The van der Waals surface area contributed by atoms with Crippen LogP contribution in [0.2, 0.25) is 0 Å². The first-order valence-electron chi connectivity index (χ1n) is 6.36. The molecule has 0 heterocycles. The zero-order valence-electron chi connectivity index (χ0n) is 11.7. The highest BCUT2D eigenvalue weighted by molar-refractivity contribution is 5.92. The average molecular weight is 249 g/mol. The van der Waals surface area contributed by atoms with Crippen LogP contribution < -0.4 is 11.1 Å². The lowest BCUT2D eigenvalue weighted by molar-refractivity contribution is -0.117.